The van der Waals surface area contributed by atoms with Crippen molar-refractivity contribution in [3.05, 3.63) is 78.0 Å². The smallest absolute Gasteiger partial charge is 0.267 e. The van der Waals surface area contributed by atoms with Crippen LogP contribution in [0.3, 0.4) is 0 Å². The van der Waals surface area contributed by atoms with E-state index >= 15 is 0 Å². The quantitative estimate of drug-likeness (QED) is 0.489. The van der Waals surface area contributed by atoms with Crippen molar-refractivity contribution in [2.45, 2.75) is 6.92 Å². The summed E-state index contributed by atoms with van der Waals surface area (Å²) in [6.07, 6.45) is 4.51. The lowest BCUT2D eigenvalue weighted by Gasteiger charge is -2.08. The molecule has 0 saturated carbocycles. The number of amides is 2. The summed E-state index contributed by atoms with van der Waals surface area (Å²) in [4.78, 5) is 28.9. The van der Waals surface area contributed by atoms with Crippen molar-refractivity contribution in [2.75, 3.05) is 0 Å². The van der Waals surface area contributed by atoms with Crippen LogP contribution in [0.15, 0.2) is 61.2 Å². The topological polar surface area (TPSA) is 133 Å². The summed E-state index contributed by atoms with van der Waals surface area (Å²) in [5.74, 6) is -0.351. The largest absolute Gasteiger partial charge is 0.273 e. The molecule has 2 N–H and O–H groups in total. The van der Waals surface area contributed by atoms with E-state index in [4.69, 9.17) is 0 Å². The molecule has 0 fully saturated rings. The number of carbonyl (C=O) groups is 2. The van der Waals surface area contributed by atoms with Gasteiger partial charge >= 0.3 is 0 Å². The van der Waals surface area contributed by atoms with E-state index in [0.717, 1.165) is 0 Å². The van der Waals surface area contributed by atoms with Gasteiger partial charge in [0.25, 0.3) is 11.8 Å². The average molecular weight is 389 g/mol. The van der Waals surface area contributed by atoms with Gasteiger partial charge in [-0.3, -0.25) is 20.4 Å². The van der Waals surface area contributed by atoms with Gasteiger partial charge in [0.2, 0.25) is 0 Å². The monoisotopic (exact) mass is 389 g/mol. The maximum absolute atomic E-state index is 12.4. The Labute approximate surface area is 164 Å². The van der Waals surface area contributed by atoms with Crippen LogP contribution >= 0.6 is 0 Å². The summed E-state index contributed by atoms with van der Waals surface area (Å²) in [5, 5.41) is 15.1. The van der Waals surface area contributed by atoms with Crippen LogP contribution in [0.5, 0.6) is 0 Å². The molecular formula is C18H15N9O2. The molecule has 0 unspecified atom stereocenters. The fourth-order valence-electron chi connectivity index (χ4n) is 2.64. The number of hydrazine groups is 1. The molecule has 0 aliphatic carbocycles. The van der Waals surface area contributed by atoms with Gasteiger partial charge in [0.05, 0.1) is 23.1 Å². The summed E-state index contributed by atoms with van der Waals surface area (Å²) in [7, 11) is 0. The van der Waals surface area contributed by atoms with Gasteiger partial charge < -0.3 is 0 Å². The molecule has 29 heavy (non-hydrogen) atoms. The van der Waals surface area contributed by atoms with Crippen molar-refractivity contribution in [1.29, 1.82) is 0 Å². The predicted molar refractivity (Wildman–Crippen MR) is 100 cm³/mol. The molecule has 2 amide bonds. The number of hydrogen-bond acceptors (Lipinski definition) is 7. The lowest BCUT2D eigenvalue weighted by atomic mass is 10.2. The van der Waals surface area contributed by atoms with Gasteiger partial charge in [-0.1, -0.05) is 6.07 Å². The van der Waals surface area contributed by atoms with Crippen LogP contribution < -0.4 is 10.9 Å². The fourth-order valence-corrected chi connectivity index (χ4v) is 2.64. The Kier molecular flexibility index (Phi) is 4.76. The van der Waals surface area contributed by atoms with Crippen LogP contribution in [-0.2, 0) is 0 Å². The van der Waals surface area contributed by atoms with Crippen LogP contribution in [0.2, 0.25) is 0 Å². The number of benzene rings is 1. The Morgan fingerprint density at radius 1 is 1.00 bits per heavy atom. The van der Waals surface area contributed by atoms with E-state index in [2.05, 4.69) is 36.5 Å². The van der Waals surface area contributed by atoms with Crippen LogP contribution in [0.25, 0.3) is 11.5 Å². The van der Waals surface area contributed by atoms with Crippen LogP contribution in [0.4, 0.5) is 0 Å². The molecule has 0 radical (unpaired) electrons. The van der Waals surface area contributed by atoms with Crippen molar-refractivity contribution in [1.82, 2.24) is 45.8 Å². The molecular weight excluding hydrogens is 374 g/mol. The molecule has 4 aromatic rings. The second-order valence-corrected chi connectivity index (χ2v) is 5.95. The number of hydrogen-bond donors (Lipinski definition) is 2. The first-order chi connectivity index (χ1) is 14.1. The number of nitrogens with one attached hydrogen (secondary N) is 2. The number of rotatable bonds is 4. The van der Waals surface area contributed by atoms with Gasteiger partial charge in [-0.25, -0.2) is 14.3 Å². The molecule has 3 aromatic heterocycles. The standard InChI is InChI=1S/C18H15N9O2/c1-12-15(10-21-27(12)16-4-2-3-9-19-16)18(29)23-22-17(28)13-5-7-14(8-6-13)26-11-20-24-25-26/h2-11H,1H3,(H,22,28)(H,23,29). The Morgan fingerprint density at radius 3 is 2.48 bits per heavy atom. The van der Waals surface area contributed by atoms with Crippen molar-refractivity contribution in [3.8, 4) is 11.5 Å². The van der Waals surface area contributed by atoms with E-state index in [9.17, 15) is 9.59 Å². The Morgan fingerprint density at radius 2 is 1.79 bits per heavy atom. The Balaban J connectivity index is 1.41. The summed E-state index contributed by atoms with van der Waals surface area (Å²) < 4.78 is 3.01. The number of nitrogens with zero attached hydrogens (tertiary/aromatic N) is 7. The first kappa shape index (κ1) is 18.0. The molecule has 3 heterocycles. The third kappa shape index (κ3) is 3.69. The highest BCUT2D eigenvalue weighted by molar-refractivity contribution is 5.99. The maximum atomic E-state index is 12.4. The lowest BCUT2D eigenvalue weighted by molar-refractivity contribution is 0.0846. The van der Waals surface area contributed by atoms with Gasteiger partial charge in [0.1, 0.15) is 6.33 Å². The highest BCUT2D eigenvalue weighted by Gasteiger charge is 2.16. The van der Waals surface area contributed by atoms with Gasteiger partial charge in [-0.15, -0.1) is 5.10 Å². The lowest BCUT2D eigenvalue weighted by Crippen LogP contribution is -2.41. The first-order valence-electron chi connectivity index (χ1n) is 8.53. The molecule has 11 nitrogen and oxygen atoms in total. The van der Waals surface area contributed by atoms with Gasteiger partial charge in [0, 0.05) is 11.8 Å². The van der Waals surface area contributed by atoms with E-state index in [-0.39, 0.29) is 0 Å². The molecule has 4 rings (SSSR count). The molecule has 0 spiro atoms. The molecule has 0 atom stereocenters. The van der Waals surface area contributed by atoms with Gasteiger partial charge in [-0.2, -0.15) is 5.10 Å². The zero-order valence-corrected chi connectivity index (χ0v) is 15.2. The molecule has 0 bridgehead atoms. The fraction of sp³-hybridized carbons (Fsp3) is 0.0556. The SMILES string of the molecule is Cc1c(C(=O)NNC(=O)c2ccc(-n3cnnn3)cc2)cnn1-c1ccccn1. The highest BCUT2D eigenvalue weighted by atomic mass is 16.2. The second kappa shape index (κ2) is 7.68. The van der Waals surface area contributed by atoms with E-state index in [1.165, 1.54) is 17.2 Å². The van der Waals surface area contributed by atoms with Crippen LogP contribution in [0.1, 0.15) is 26.4 Å². The van der Waals surface area contributed by atoms with Crippen molar-refractivity contribution >= 4 is 11.8 Å². The minimum absolute atomic E-state index is 0.324. The predicted octanol–water partition coefficient (Wildman–Crippen LogP) is 0.626. The normalized spacial score (nSPS) is 10.5. The number of aromatic nitrogens is 7. The zero-order valence-electron chi connectivity index (χ0n) is 15.2. The van der Waals surface area contributed by atoms with Crippen LogP contribution in [0, 0.1) is 6.92 Å². The van der Waals surface area contributed by atoms with E-state index in [1.54, 1.807) is 54.2 Å². The van der Waals surface area contributed by atoms with Crippen LogP contribution in [-0.4, -0.2) is 46.8 Å². The van der Waals surface area contributed by atoms with Crippen molar-refractivity contribution in [2.24, 2.45) is 0 Å². The molecule has 0 saturated heterocycles. The maximum Gasteiger partial charge on any atom is 0.273 e. The zero-order chi connectivity index (χ0) is 20.2. The third-order valence-electron chi connectivity index (χ3n) is 4.15. The van der Waals surface area contributed by atoms with E-state index in [0.29, 0.717) is 28.3 Å². The van der Waals surface area contributed by atoms with Gasteiger partial charge in [0.15, 0.2) is 5.82 Å². The molecule has 11 heteroatoms. The summed E-state index contributed by atoms with van der Waals surface area (Å²) in [6.45, 7) is 1.75. The molecule has 0 aliphatic rings. The number of pyridine rings is 1. The highest BCUT2D eigenvalue weighted by Crippen LogP contribution is 2.12. The first-order valence-corrected chi connectivity index (χ1v) is 8.53. The minimum Gasteiger partial charge on any atom is -0.267 e. The number of carbonyl (C=O) groups excluding carboxylic acids is 2. The summed E-state index contributed by atoms with van der Waals surface area (Å²) >= 11 is 0. The average Bonchev–Trinajstić information content (AvgIpc) is 3.43. The second-order valence-electron chi connectivity index (χ2n) is 5.95. The molecule has 144 valence electrons. The minimum atomic E-state index is -0.483. The Bertz CT molecular complexity index is 1140. The van der Waals surface area contributed by atoms with E-state index in [1.807, 2.05) is 6.07 Å². The summed E-state index contributed by atoms with van der Waals surface area (Å²) in [6, 6.07) is 12.0. The van der Waals surface area contributed by atoms with E-state index < -0.39 is 11.8 Å². The molecule has 1 aromatic carbocycles. The van der Waals surface area contributed by atoms with Crippen molar-refractivity contribution in [3.63, 3.8) is 0 Å². The number of tetrazole rings is 1. The third-order valence-corrected chi connectivity index (χ3v) is 4.15. The summed E-state index contributed by atoms with van der Waals surface area (Å²) in [5.41, 5.74) is 6.77. The van der Waals surface area contributed by atoms with Crippen molar-refractivity contribution < 1.29 is 9.59 Å². The van der Waals surface area contributed by atoms with Gasteiger partial charge in [-0.05, 0) is 53.7 Å². The molecule has 0 aliphatic heterocycles. The Hall–Kier alpha value is -4.41.